The molecular formula is C14H18N4O. The predicted octanol–water partition coefficient (Wildman–Crippen LogP) is 2.38. The van der Waals surface area contributed by atoms with Crippen molar-refractivity contribution < 1.29 is 4.79 Å². The first-order chi connectivity index (χ1) is 9.19. The van der Waals surface area contributed by atoms with Gasteiger partial charge in [-0.3, -0.25) is 10.00 Å². The maximum absolute atomic E-state index is 11.4. The molecule has 2 N–H and O–H groups in total. The van der Waals surface area contributed by atoms with Crippen LogP contribution in [0.2, 0.25) is 0 Å². The SMILES string of the molecule is CCNC(=O)Nc1cc(C)n(Cc2ccccc2)n1. The summed E-state index contributed by atoms with van der Waals surface area (Å²) in [5.74, 6) is 0.569. The van der Waals surface area contributed by atoms with Crippen molar-refractivity contribution in [3.05, 3.63) is 47.7 Å². The fourth-order valence-electron chi connectivity index (χ4n) is 1.81. The van der Waals surface area contributed by atoms with Crippen LogP contribution in [0.5, 0.6) is 0 Å². The van der Waals surface area contributed by atoms with Crippen molar-refractivity contribution in [1.82, 2.24) is 15.1 Å². The molecule has 0 aliphatic heterocycles. The van der Waals surface area contributed by atoms with E-state index in [0.29, 0.717) is 18.9 Å². The maximum Gasteiger partial charge on any atom is 0.320 e. The molecule has 0 bridgehead atoms. The average Bonchev–Trinajstić information content (AvgIpc) is 2.71. The van der Waals surface area contributed by atoms with Crippen LogP contribution in [-0.2, 0) is 6.54 Å². The van der Waals surface area contributed by atoms with E-state index >= 15 is 0 Å². The number of aryl methyl sites for hydroxylation is 1. The lowest BCUT2D eigenvalue weighted by Crippen LogP contribution is -2.28. The van der Waals surface area contributed by atoms with E-state index in [-0.39, 0.29) is 6.03 Å². The first-order valence-electron chi connectivity index (χ1n) is 6.32. The van der Waals surface area contributed by atoms with Crippen molar-refractivity contribution in [3.63, 3.8) is 0 Å². The number of benzene rings is 1. The van der Waals surface area contributed by atoms with Crippen molar-refractivity contribution in [2.75, 3.05) is 11.9 Å². The molecule has 5 heteroatoms. The summed E-state index contributed by atoms with van der Waals surface area (Å²) >= 11 is 0. The molecule has 2 rings (SSSR count). The van der Waals surface area contributed by atoms with Gasteiger partial charge in [-0.2, -0.15) is 5.10 Å². The molecule has 2 amide bonds. The molecular weight excluding hydrogens is 240 g/mol. The fourth-order valence-corrected chi connectivity index (χ4v) is 1.81. The smallest absolute Gasteiger partial charge is 0.320 e. The highest BCUT2D eigenvalue weighted by molar-refractivity contribution is 5.88. The topological polar surface area (TPSA) is 59.0 Å². The summed E-state index contributed by atoms with van der Waals surface area (Å²) in [7, 11) is 0. The largest absolute Gasteiger partial charge is 0.338 e. The molecule has 1 heterocycles. The van der Waals surface area contributed by atoms with Crippen LogP contribution in [0.15, 0.2) is 36.4 Å². The van der Waals surface area contributed by atoms with Crippen LogP contribution in [0.25, 0.3) is 0 Å². The number of carbonyl (C=O) groups is 1. The van der Waals surface area contributed by atoms with Crippen molar-refractivity contribution in [3.8, 4) is 0 Å². The third kappa shape index (κ3) is 3.58. The Kier molecular flexibility index (Phi) is 4.18. The highest BCUT2D eigenvalue weighted by Gasteiger charge is 2.07. The predicted molar refractivity (Wildman–Crippen MR) is 75.2 cm³/mol. The monoisotopic (exact) mass is 258 g/mol. The maximum atomic E-state index is 11.4. The Bertz CT molecular complexity index is 548. The van der Waals surface area contributed by atoms with Gasteiger partial charge >= 0.3 is 6.03 Å². The minimum atomic E-state index is -0.230. The normalized spacial score (nSPS) is 10.2. The van der Waals surface area contributed by atoms with E-state index in [1.54, 1.807) is 0 Å². The molecule has 0 unspecified atom stereocenters. The zero-order chi connectivity index (χ0) is 13.7. The molecule has 1 aromatic carbocycles. The third-order valence-electron chi connectivity index (χ3n) is 2.74. The molecule has 19 heavy (non-hydrogen) atoms. The Labute approximate surface area is 112 Å². The minimum Gasteiger partial charge on any atom is -0.338 e. The van der Waals surface area contributed by atoms with Crippen LogP contribution in [0, 0.1) is 6.92 Å². The molecule has 0 radical (unpaired) electrons. The van der Waals surface area contributed by atoms with E-state index in [4.69, 9.17) is 0 Å². The number of urea groups is 1. The van der Waals surface area contributed by atoms with Gasteiger partial charge in [0.05, 0.1) is 6.54 Å². The summed E-state index contributed by atoms with van der Waals surface area (Å²) < 4.78 is 1.87. The van der Waals surface area contributed by atoms with Crippen LogP contribution < -0.4 is 10.6 Å². The Balaban J connectivity index is 2.07. The standard InChI is InChI=1S/C14H18N4O/c1-3-15-14(19)16-13-9-11(2)18(17-13)10-12-7-5-4-6-8-12/h4-9H,3,10H2,1-2H3,(H2,15,16,17,19). The van der Waals surface area contributed by atoms with Crippen LogP contribution in [0.1, 0.15) is 18.2 Å². The summed E-state index contributed by atoms with van der Waals surface area (Å²) in [5, 5.41) is 9.75. The van der Waals surface area contributed by atoms with Crippen LogP contribution in [0.3, 0.4) is 0 Å². The molecule has 1 aromatic heterocycles. The van der Waals surface area contributed by atoms with Gasteiger partial charge in [0.25, 0.3) is 0 Å². The summed E-state index contributed by atoms with van der Waals surface area (Å²) in [6.07, 6.45) is 0. The molecule has 0 saturated carbocycles. The van der Waals surface area contributed by atoms with E-state index in [1.807, 2.05) is 42.8 Å². The van der Waals surface area contributed by atoms with Crippen molar-refractivity contribution in [2.24, 2.45) is 0 Å². The second-order valence-corrected chi connectivity index (χ2v) is 4.30. The molecule has 5 nitrogen and oxygen atoms in total. The van der Waals surface area contributed by atoms with Gasteiger partial charge in [0.15, 0.2) is 5.82 Å². The second-order valence-electron chi connectivity index (χ2n) is 4.30. The van der Waals surface area contributed by atoms with Gasteiger partial charge in [0.1, 0.15) is 0 Å². The second kappa shape index (κ2) is 6.04. The van der Waals surface area contributed by atoms with Crippen LogP contribution >= 0.6 is 0 Å². The van der Waals surface area contributed by atoms with Gasteiger partial charge in [-0.15, -0.1) is 0 Å². The van der Waals surface area contributed by atoms with Gasteiger partial charge < -0.3 is 5.32 Å². The number of hydrogen-bond acceptors (Lipinski definition) is 2. The lowest BCUT2D eigenvalue weighted by atomic mass is 10.2. The van der Waals surface area contributed by atoms with E-state index < -0.39 is 0 Å². The van der Waals surface area contributed by atoms with Gasteiger partial charge in [-0.05, 0) is 19.4 Å². The Morgan fingerprint density at radius 1 is 1.32 bits per heavy atom. The summed E-state index contributed by atoms with van der Waals surface area (Å²) in [6.45, 7) is 5.14. The summed E-state index contributed by atoms with van der Waals surface area (Å²) in [6, 6.07) is 11.7. The number of aromatic nitrogens is 2. The molecule has 2 aromatic rings. The first-order valence-corrected chi connectivity index (χ1v) is 6.32. The third-order valence-corrected chi connectivity index (χ3v) is 2.74. The number of amides is 2. The minimum absolute atomic E-state index is 0.230. The summed E-state index contributed by atoms with van der Waals surface area (Å²) in [4.78, 5) is 11.4. The van der Waals surface area contributed by atoms with E-state index in [0.717, 1.165) is 5.69 Å². The van der Waals surface area contributed by atoms with E-state index in [2.05, 4.69) is 27.9 Å². The molecule has 0 spiro atoms. The van der Waals surface area contributed by atoms with Crippen molar-refractivity contribution in [1.29, 1.82) is 0 Å². The van der Waals surface area contributed by atoms with Gasteiger partial charge in [0, 0.05) is 18.3 Å². The first kappa shape index (κ1) is 13.1. The number of hydrogen-bond donors (Lipinski definition) is 2. The molecule has 0 aliphatic rings. The van der Waals surface area contributed by atoms with Crippen molar-refractivity contribution >= 4 is 11.8 Å². The quantitative estimate of drug-likeness (QED) is 0.884. The number of nitrogens with one attached hydrogen (secondary N) is 2. The number of carbonyl (C=O) groups excluding carboxylic acids is 1. The van der Waals surface area contributed by atoms with Crippen LogP contribution in [0.4, 0.5) is 10.6 Å². The lowest BCUT2D eigenvalue weighted by Gasteiger charge is -2.04. The Morgan fingerprint density at radius 2 is 2.05 bits per heavy atom. The molecule has 100 valence electrons. The molecule has 0 fully saturated rings. The number of anilines is 1. The Morgan fingerprint density at radius 3 is 2.74 bits per heavy atom. The van der Waals surface area contributed by atoms with Gasteiger partial charge in [-0.1, -0.05) is 30.3 Å². The number of nitrogens with zero attached hydrogens (tertiary/aromatic N) is 2. The Hall–Kier alpha value is -2.30. The van der Waals surface area contributed by atoms with Crippen molar-refractivity contribution in [2.45, 2.75) is 20.4 Å². The average molecular weight is 258 g/mol. The highest BCUT2D eigenvalue weighted by Crippen LogP contribution is 2.11. The zero-order valence-electron chi connectivity index (χ0n) is 11.2. The molecule has 0 saturated heterocycles. The van der Waals surface area contributed by atoms with Crippen LogP contribution in [-0.4, -0.2) is 22.4 Å². The van der Waals surface area contributed by atoms with Gasteiger partial charge in [0.2, 0.25) is 0 Å². The number of rotatable bonds is 4. The summed E-state index contributed by atoms with van der Waals surface area (Å²) in [5.41, 5.74) is 2.19. The van der Waals surface area contributed by atoms with Gasteiger partial charge in [-0.25, -0.2) is 4.79 Å². The van der Waals surface area contributed by atoms with E-state index in [1.165, 1.54) is 5.56 Å². The molecule has 0 aliphatic carbocycles. The van der Waals surface area contributed by atoms with E-state index in [9.17, 15) is 4.79 Å². The highest BCUT2D eigenvalue weighted by atomic mass is 16.2. The molecule has 0 atom stereocenters. The lowest BCUT2D eigenvalue weighted by molar-refractivity contribution is 0.252. The fraction of sp³-hybridized carbons (Fsp3) is 0.286. The zero-order valence-corrected chi connectivity index (χ0v) is 11.2.